The van der Waals surface area contributed by atoms with E-state index in [0.29, 0.717) is 44.9 Å². The van der Waals surface area contributed by atoms with Crippen molar-refractivity contribution >= 4 is 10.1 Å². The maximum atomic E-state index is 10.7. The summed E-state index contributed by atoms with van der Waals surface area (Å²) in [6.45, 7) is 12.2. The maximum Gasteiger partial charge on any atom is 0.264 e. The summed E-state index contributed by atoms with van der Waals surface area (Å²) in [6, 6.07) is 0. The smallest absolute Gasteiger partial charge is 0.264 e. The lowest BCUT2D eigenvalue weighted by molar-refractivity contribution is -0.0803. The van der Waals surface area contributed by atoms with Crippen molar-refractivity contribution in [2.24, 2.45) is 11.8 Å². The van der Waals surface area contributed by atoms with Gasteiger partial charge >= 0.3 is 0 Å². The number of hydrogen-bond acceptors (Lipinski definition) is 6. The van der Waals surface area contributed by atoms with E-state index in [1.807, 2.05) is 0 Å². The van der Waals surface area contributed by atoms with Crippen LogP contribution < -0.4 is 0 Å². The molecule has 0 aromatic heterocycles. The van der Waals surface area contributed by atoms with Crippen LogP contribution in [0.2, 0.25) is 0 Å². The van der Waals surface area contributed by atoms with Gasteiger partial charge in [-0.3, -0.25) is 4.55 Å². The van der Waals surface area contributed by atoms with Gasteiger partial charge in [-0.05, 0) is 24.7 Å². The Hall–Kier alpha value is -0.250. The molecule has 0 saturated heterocycles. The second-order valence-electron chi connectivity index (χ2n) is 7.75. The molecular formula is C21H44O7S. The van der Waals surface area contributed by atoms with Gasteiger partial charge in [-0.25, -0.2) is 0 Å². The predicted molar refractivity (Wildman–Crippen MR) is 116 cm³/mol. The largest absolute Gasteiger partial charge is 0.379 e. The van der Waals surface area contributed by atoms with Crippen molar-refractivity contribution in [1.29, 1.82) is 0 Å². The summed E-state index contributed by atoms with van der Waals surface area (Å²) in [4.78, 5) is 0. The van der Waals surface area contributed by atoms with Gasteiger partial charge in [0.05, 0.1) is 32.2 Å². The Labute approximate surface area is 178 Å². The lowest BCUT2D eigenvalue weighted by Gasteiger charge is -2.21. The first-order valence-corrected chi connectivity index (χ1v) is 12.7. The standard InChI is InChI=1S/C21H44O7S/c1-5-8-10-20(7-3)16-27-18-21(17-26-15-19(4)6-2)28-13-12-25-11-9-14-29(22,23)24/h19-21H,5-18H2,1-4H3,(H,22,23,24). The van der Waals surface area contributed by atoms with Gasteiger partial charge in [0.1, 0.15) is 6.10 Å². The van der Waals surface area contributed by atoms with E-state index in [2.05, 4.69) is 27.7 Å². The highest BCUT2D eigenvalue weighted by molar-refractivity contribution is 7.85. The van der Waals surface area contributed by atoms with Crippen LogP contribution >= 0.6 is 0 Å². The molecule has 0 aromatic carbocycles. The summed E-state index contributed by atoms with van der Waals surface area (Å²) < 4.78 is 52.9. The van der Waals surface area contributed by atoms with Crippen molar-refractivity contribution in [3.63, 3.8) is 0 Å². The molecule has 0 aliphatic rings. The molecule has 0 fully saturated rings. The van der Waals surface area contributed by atoms with Crippen molar-refractivity contribution in [2.75, 3.05) is 52.0 Å². The Morgan fingerprint density at radius 2 is 1.52 bits per heavy atom. The van der Waals surface area contributed by atoms with E-state index < -0.39 is 10.1 Å². The average Bonchev–Trinajstić information content (AvgIpc) is 2.68. The fourth-order valence-corrected chi connectivity index (χ4v) is 3.13. The molecule has 0 saturated carbocycles. The van der Waals surface area contributed by atoms with Crippen LogP contribution in [-0.2, 0) is 29.1 Å². The van der Waals surface area contributed by atoms with Crippen LogP contribution in [0.3, 0.4) is 0 Å². The van der Waals surface area contributed by atoms with Crippen LogP contribution in [0, 0.1) is 11.8 Å². The number of ether oxygens (including phenoxy) is 4. The summed E-state index contributed by atoms with van der Waals surface area (Å²) in [7, 11) is -3.92. The molecule has 29 heavy (non-hydrogen) atoms. The maximum absolute atomic E-state index is 10.7. The van der Waals surface area contributed by atoms with Crippen molar-refractivity contribution in [3.05, 3.63) is 0 Å². The molecule has 0 aromatic rings. The molecule has 0 spiro atoms. The molecule has 8 heteroatoms. The Bertz CT molecular complexity index is 456. The van der Waals surface area contributed by atoms with Crippen LogP contribution in [0.4, 0.5) is 0 Å². The third-order valence-electron chi connectivity index (χ3n) is 4.88. The molecule has 3 atom stereocenters. The van der Waals surface area contributed by atoms with Crippen LogP contribution in [0.1, 0.15) is 66.2 Å². The van der Waals surface area contributed by atoms with Gasteiger partial charge in [0, 0.05) is 19.8 Å². The molecule has 0 aliphatic carbocycles. The average molecular weight is 441 g/mol. The lowest BCUT2D eigenvalue weighted by atomic mass is 10.0. The summed E-state index contributed by atoms with van der Waals surface area (Å²) in [5.74, 6) is 0.814. The molecule has 0 heterocycles. The molecule has 176 valence electrons. The van der Waals surface area contributed by atoms with E-state index in [1.165, 1.54) is 19.3 Å². The summed E-state index contributed by atoms with van der Waals surface area (Å²) in [6.07, 6.45) is 5.94. The Kier molecular flexibility index (Phi) is 18.4. The summed E-state index contributed by atoms with van der Waals surface area (Å²) in [5.41, 5.74) is 0. The minimum absolute atomic E-state index is 0.149. The van der Waals surface area contributed by atoms with E-state index in [1.54, 1.807) is 0 Å². The predicted octanol–water partition coefficient (Wildman–Crippen LogP) is 3.96. The van der Waals surface area contributed by atoms with Gasteiger partial charge in [-0.2, -0.15) is 8.42 Å². The van der Waals surface area contributed by atoms with Crippen molar-refractivity contribution in [2.45, 2.75) is 72.3 Å². The van der Waals surface area contributed by atoms with Crippen LogP contribution in [-0.4, -0.2) is 71.1 Å². The van der Waals surface area contributed by atoms with E-state index in [0.717, 1.165) is 19.4 Å². The molecular weight excluding hydrogens is 396 g/mol. The zero-order valence-electron chi connectivity index (χ0n) is 18.9. The van der Waals surface area contributed by atoms with Gasteiger partial charge < -0.3 is 18.9 Å². The van der Waals surface area contributed by atoms with Crippen LogP contribution in [0.5, 0.6) is 0 Å². The van der Waals surface area contributed by atoms with Crippen molar-refractivity contribution in [1.82, 2.24) is 0 Å². The Morgan fingerprint density at radius 1 is 0.828 bits per heavy atom. The minimum Gasteiger partial charge on any atom is -0.379 e. The minimum atomic E-state index is -3.92. The first-order chi connectivity index (χ1) is 13.8. The molecule has 0 rings (SSSR count). The zero-order valence-corrected chi connectivity index (χ0v) is 19.8. The van der Waals surface area contributed by atoms with Crippen LogP contribution in [0.25, 0.3) is 0 Å². The zero-order chi connectivity index (χ0) is 22.0. The normalized spacial score (nSPS) is 15.3. The summed E-state index contributed by atoms with van der Waals surface area (Å²) in [5, 5.41) is 0. The monoisotopic (exact) mass is 440 g/mol. The molecule has 0 amide bonds. The van der Waals surface area contributed by atoms with Crippen molar-refractivity contribution in [3.8, 4) is 0 Å². The van der Waals surface area contributed by atoms with Crippen molar-refractivity contribution < 1.29 is 31.9 Å². The quantitative estimate of drug-likeness (QED) is 0.213. The van der Waals surface area contributed by atoms with Gasteiger partial charge in [0.15, 0.2) is 0 Å². The van der Waals surface area contributed by atoms with E-state index in [9.17, 15) is 8.42 Å². The van der Waals surface area contributed by atoms with Gasteiger partial charge in [-0.1, -0.05) is 53.4 Å². The van der Waals surface area contributed by atoms with Crippen LogP contribution in [0.15, 0.2) is 0 Å². The number of rotatable bonds is 21. The lowest BCUT2D eigenvalue weighted by Crippen LogP contribution is -2.29. The van der Waals surface area contributed by atoms with E-state index in [4.69, 9.17) is 23.5 Å². The SMILES string of the molecule is CCCCC(CC)COCC(COCC(C)CC)OCCOCCCS(=O)(=O)O. The molecule has 1 N–H and O–H groups in total. The van der Waals surface area contributed by atoms with E-state index in [-0.39, 0.29) is 24.9 Å². The first kappa shape index (κ1) is 28.8. The fraction of sp³-hybridized carbons (Fsp3) is 1.00. The second kappa shape index (κ2) is 18.5. The topological polar surface area (TPSA) is 91.3 Å². The Morgan fingerprint density at radius 3 is 2.10 bits per heavy atom. The molecule has 0 radical (unpaired) electrons. The van der Waals surface area contributed by atoms with Gasteiger partial charge in [0.25, 0.3) is 10.1 Å². The summed E-state index contributed by atoms with van der Waals surface area (Å²) >= 11 is 0. The number of hydrogen-bond donors (Lipinski definition) is 1. The fourth-order valence-electron chi connectivity index (χ4n) is 2.65. The van der Waals surface area contributed by atoms with E-state index >= 15 is 0 Å². The highest BCUT2D eigenvalue weighted by Crippen LogP contribution is 2.13. The number of unbranched alkanes of at least 4 members (excludes halogenated alkanes) is 1. The molecule has 7 nitrogen and oxygen atoms in total. The third kappa shape index (κ3) is 19.5. The third-order valence-corrected chi connectivity index (χ3v) is 5.68. The molecule has 3 unspecified atom stereocenters. The first-order valence-electron chi connectivity index (χ1n) is 11.1. The highest BCUT2D eigenvalue weighted by atomic mass is 32.2. The molecule has 0 aliphatic heterocycles. The van der Waals surface area contributed by atoms with Gasteiger partial charge in [0.2, 0.25) is 0 Å². The van der Waals surface area contributed by atoms with Gasteiger partial charge in [-0.15, -0.1) is 0 Å². The molecule has 0 bridgehead atoms. The highest BCUT2D eigenvalue weighted by Gasteiger charge is 2.13. The Balaban J connectivity index is 4.14. The second-order valence-corrected chi connectivity index (χ2v) is 9.32.